The Hall–Kier alpha value is -1.58. The number of fused-ring (bicyclic) bond motifs is 1. The summed E-state index contributed by atoms with van der Waals surface area (Å²) < 4.78 is 4.71. The van der Waals surface area contributed by atoms with Crippen molar-refractivity contribution in [3.8, 4) is 0 Å². The fraction of sp³-hybridized carbons (Fsp3) is 0.714. The number of esters is 1. The van der Waals surface area contributed by atoms with Gasteiger partial charge in [-0.15, -0.1) is 0 Å². The van der Waals surface area contributed by atoms with Gasteiger partial charge in [0.2, 0.25) is 0 Å². The number of ether oxygens (including phenoxy) is 1. The number of carboxylic acids is 1. The average Bonchev–Trinajstić information content (AvgIpc) is 2.56. The minimum Gasteiger partial charge on any atom is -0.478 e. The standard InChI is InChI=1S/C21H32O4/c1-14(13-18(22)25-5)9-11-20(3)15(2)10-12-21(4)16(19(23)24)7-6-8-17(20)21/h7,13,15,17H,6,8-12H2,1-5H3,(H,23,24)/b14-13+/t15-,17-,20+,21+/m1/s1. The largest absolute Gasteiger partial charge is 0.478 e. The van der Waals surface area contributed by atoms with Crippen LogP contribution in [0.5, 0.6) is 0 Å². The third kappa shape index (κ3) is 3.68. The highest BCUT2D eigenvalue weighted by Gasteiger charge is 2.55. The highest BCUT2D eigenvalue weighted by atomic mass is 16.5. The summed E-state index contributed by atoms with van der Waals surface area (Å²) in [5.41, 5.74) is 1.47. The van der Waals surface area contributed by atoms with Crippen LogP contribution in [-0.4, -0.2) is 24.2 Å². The molecule has 2 rings (SSSR count). The molecule has 2 aliphatic carbocycles. The van der Waals surface area contributed by atoms with E-state index in [0.29, 0.717) is 17.4 Å². The van der Waals surface area contributed by atoms with Crippen molar-refractivity contribution in [1.29, 1.82) is 0 Å². The second-order valence-electron chi connectivity index (χ2n) is 8.43. The van der Waals surface area contributed by atoms with E-state index in [1.165, 1.54) is 7.11 Å². The van der Waals surface area contributed by atoms with Crippen molar-refractivity contribution in [2.24, 2.45) is 22.7 Å². The summed E-state index contributed by atoms with van der Waals surface area (Å²) in [6.45, 7) is 8.75. The molecule has 0 heterocycles. The Morgan fingerprint density at radius 1 is 1.36 bits per heavy atom. The Balaban J connectivity index is 2.26. The van der Waals surface area contributed by atoms with Gasteiger partial charge in [-0.3, -0.25) is 0 Å². The quantitative estimate of drug-likeness (QED) is 0.575. The normalized spacial score (nSPS) is 35.6. The lowest BCUT2D eigenvalue weighted by Gasteiger charge is -2.57. The summed E-state index contributed by atoms with van der Waals surface area (Å²) >= 11 is 0. The van der Waals surface area contributed by atoms with Gasteiger partial charge in [0.05, 0.1) is 7.11 Å². The first kappa shape index (κ1) is 19.7. The number of rotatable bonds is 5. The van der Waals surface area contributed by atoms with Crippen LogP contribution in [0.3, 0.4) is 0 Å². The van der Waals surface area contributed by atoms with Crippen molar-refractivity contribution in [3.63, 3.8) is 0 Å². The molecule has 25 heavy (non-hydrogen) atoms. The molecule has 0 aliphatic heterocycles. The predicted molar refractivity (Wildman–Crippen MR) is 98.1 cm³/mol. The number of allylic oxidation sites excluding steroid dienone is 2. The van der Waals surface area contributed by atoms with Gasteiger partial charge in [-0.1, -0.05) is 32.4 Å². The number of methoxy groups -OCH3 is 1. The van der Waals surface area contributed by atoms with Crippen LogP contribution in [0, 0.1) is 22.7 Å². The zero-order chi connectivity index (χ0) is 18.8. The van der Waals surface area contributed by atoms with E-state index in [-0.39, 0.29) is 16.8 Å². The molecule has 0 unspecified atom stereocenters. The number of aliphatic carboxylic acids is 1. The van der Waals surface area contributed by atoms with Gasteiger partial charge in [-0.05, 0) is 62.7 Å². The summed E-state index contributed by atoms with van der Waals surface area (Å²) in [5.74, 6) is -0.153. The van der Waals surface area contributed by atoms with Crippen molar-refractivity contribution in [2.75, 3.05) is 7.11 Å². The maximum atomic E-state index is 11.8. The van der Waals surface area contributed by atoms with Crippen molar-refractivity contribution in [2.45, 2.75) is 66.2 Å². The molecular weight excluding hydrogens is 316 g/mol. The van der Waals surface area contributed by atoms with Gasteiger partial charge in [0.15, 0.2) is 0 Å². The van der Waals surface area contributed by atoms with Crippen LogP contribution in [0.25, 0.3) is 0 Å². The lowest BCUT2D eigenvalue weighted by molar-refractivity contribution is -0.137. The molecular formula is C21H32O4. The summed E-state index contributed by atoms with van der Waals surface area (Å²) in [7, 11) is 1.39. The van der Waals surface area contributed by atoms with E-state index in [1.807, 2.05) is 13.0 Å². The second-order valence-corrected chi connectivity index (χ2v) is 8.43. The second kappa shape index (κ2) is 7.35. The SMILES string of the molecule is COC(=O)/C=C(\C)CC[C@@]1(C)[C@H](C)CC[C@@]2(C)C(C(=O)O)=CCC[C@H]12. The van der Waals surface area contributed by atoms with E-state index < -0.39 is 5.97 Å². The van der Waals surface area contributed by atoms with Crippen molar-refractivity contribution in [3.05, 3.63) is 23.3 Å². The van der Waals surface area contributed by atoms with Gasteiger partial charge in [-0.2, -0.15) is 0 Å². The lowest BCUT2D eigenvalue weighted by Crippen LogP contribution is -2.51. The molecule has 4 nitrogen and oxygen atoms in total. The fourth-order valence-electron chi connectivity index (χ4n) is 5.24. The minimum absolute atomic E-state index is 0.0766. The lowest BCUT2D eigenvalue weighted by atomic mass is 9.46. The first-order chi connectivity index (χ1) is 11.6. The summed E-state index contributed by atoms with van der Waals surface area (Å²) in [5, 5.41) is 9.69. The van der Waals surface area contributed by atoms with Crippen LogP contribution in [0.4, 0.5) is 0 Å². The van der Waals surface area contributed by atoms with Gasteiger partial charge in [-0.25, -0.2) is 9.59 Å². The molecule has 1 N–H and O–H groups in total. The molecule has 0 radical (unpaired) electrons. The molecule has 4 atom stereocenters. The number of hydrogen-bond donors (Lipinski definition) is 1. The summed E-state index contributed by atoms with van der Waals surface area (Å²) in [4.78, 5) is 23.2. The van der Waals surface area contributed by atoms with E-state index >= 15 is 0 Å². The molecule has 1 saturated carbocycles. The first-order valence-electron chi connectivity index (χ1n) is 9.34. The van der Waals surface area contributed by atoms with Crippen LogP contribution in [0.1, 0.15) is 66.2 Å². The van der Waals surface area contributed by atoms with Crippen LogP contribution < -0.4 is 0 Å². The van der Waals surface area contributed by atoms with Crippen LogP contribution in [0.2, 0.25) is 0 Å². The maximum Gasteiger partial charge on any atom is 0.331 e. The van der Waals surface area contributed by atoms with E-state index in [4.69, 9.17) is 4.74 Å². The zero-order valence-electron chi connectivity index (χ0n) is 16.2. The number of carboxylic acid groups (broad SMARTS) is 1. The van der Waals surface area contributed by atoms with Crippen molar-refractivity contribution < 1.29 is 19.4 Å². The smallest absolute Gasteiger partial charge is 0.331 e. The molecule has 0 aromatic rings. The summed E-state index contributed by atoms with van der Waals surface area (Å²) in [6, 6.07) is 0. The molecule has 1 fully saturated rings. The van der Waals surface area contributed by atoms with E-state index in [0.717, 1.165) is 44.1 Å². The van der Waals surface area contributed by atoms with Crippen molar-refractivity contribution >= 4 is 11.9 Å². The zero-order valence-corrected chi connectivity index (χ0v) is 16.2. The topological polar surface area (TPSA) is 63.6 Å². The molecule has 2 aliphatic rings. The number of hydrogen-bond acceptors (Lipinski definition) is 3. The Bertz CT molecular complexity index is 603. The Morgan fingerprint density at radius 3 is 2.64 bits per heavy atom. The van der Waals surface area contributed by atoms with Crippen LogP contribution in [0.15, 0.2) is 23.3 Å². The minimum atomic E-state index is -0.758. The van der Waals surface area contributed by atoms with Crippen LogP contribution in [-0.2, 0) is 14.3 Å². The molecule has 4 heteroatoms. The van der Waals surface area contributed by atoms with E-state index in [9.17, 15) is 14.7 Å². The summed E-state index contributed by atoms with van der Waals surface area (Å²) in [6.07, 6.45) is 9.22. The third-order valence-corrected chi connectivity index (χ3v) is 7.06. The van der Waals surface area contributed by atoms with Crippen molar-refractivity contribution in [1.82, 2.24) is 0 Å². The predicted octanol–water partition coefficient (Wildman–Crippen LogP) is 4.75. The third-order valence-electron chi connectivity index (χ3n) is 7.06. The Morgan fingerprint density at radius 2 is 2.04 bits per heavy atom. The van der Waals surface area contributed by atoms with Gasteiger partial charge >= 0.3 is 11.9 Å². The highest BCUT2D eigenvalue weighted by Crippen LogP contribution is 2.62. The Kier molecular flexibility index (Phi) is 5.80. The highest BCUT2D eigenvalue weighted by molar-refractivity contribution is 5.88. The van der Waals surface area contributed by atoms with Gasteiger partial charge < -0.3 is 9.84 Å². The molecule has 0 saturated heterocycles. The monoisotopic (exact) mass is 348 g/mol. The molecule has 140 valence electrons. The Labute approximate surface area is 151 Å². The van der Waals surface area contributed by atoms with Gasteiger partial charge in [0.1, 0.15) is 0 Å². The van der Waals surface area contributed by atoms with Gasteiger partial charge in [0.25, 0.3) is 0 Å². The average molecular weight is 348 g/mol. The van der Waals surface area contributed by atoms with E-state index in [1.54, 1.807) is 6.08 Å². The number of carbonyl (C=O) groups is 2. The fourth-order valence-corrected chi connectivity index (χ4v) is 5.24. The molecule has 0 spiro atoms. The van der Waals surface area contributed by atoms with Crippen LogP contribution >= 0.6 is 0 Å². The molecule has 0 aromatic carbocycles. The first-order valence-corrected chi connectivity index (χ1v) is 9.34. The number of carbonyl (C=O) groups excluding carboxylic acids is 1. The van der Waals surface area contributed by atoms with Gasteiger partial charge in [0, 0.05) is 17.1 Å². The molecule has 0 amide bonds. The van der Waals surface area contributed by atoms with E-state index in [2.05, 4.69) is 20.8 Å². The molecule has 0 bridgehead atoms. The molecule has 0 aromatic heterocycles. The maximum absolute atomic E-state index is 11.8.